The Hall–Kier alpha value is -0.0800. The van der Waals surface area contributed by atoms with Crippen molar-refractivity contribution in [2.75, 3.05) is 6.61 Å². The van der Waals surface area contributed by atoms with Crippen LogP contribution in [-0.4, -0.2) is 18.0 Å². The van der Waals surface area contributed by atoms with Crippen molar-refractivity contribution in [2.45, 2.75) is 84.2 Å². The number of halogens is 1. The topological polar surface area (TPSA) is 26.3 Å². The van der Waals surface area contributed by atoms with Gasteiger partial charge in [0.2, 0.25) is 5.24 Å². The first-order valence-electron chi connectivity index (χ1n) is 7.49. The summed E-state index contributed by atoms with van der Waals surface area (Å²) in [5.74, 6) is 0. The van der Waals surface area contributed by atoms with Gasteiger partial charge in [0.05, 0.1) is 0 Å². The van der Waals surface area contributed by atoms with Crippen molar-refractivity contribution in [2.24, 2.45) is 0 Å². The van der Waals surface area contributed by atoms with E-state index in [2.05, 4.69) is 6.92 Å². The van der Waals surface area contributed by atoms with E-state index < -0.39 is 11.3 Å². The van der Waals surface area contributed by atoms with Gasteiger partial charge in [0, 0.05) is 6.61 Å². The van der Waals surface area contributed by atoms with Crippen LogP contribution in [0.5, 0.6) is 0 Å². The Morgan fingerprint density at radius 3 is 1.83 bits per heavy atom. The van der Waals surface area contributed by atoms with Gasteiger partial charge >= 0.3 is 0 Å². The molecule has 0 aliphatic rings. The van der Waals surface area contributed by atoms with Crippen LogP contribution in [0.4, 0.5) is 0 Å². The molecule has 1 atom stereocenters. The van der Waals surface area contributed by atoms with E-state index in [9.17, 15) is 4.79 Å². The third-order valence-corrected chi connectivity index (χ3v) is 3.49. The second-order valence-electron chi connectivity index (χ2n) is 5.00. The maximum Gasteiger partial charge on any atom is 0.250 e. The molecule has 0 N–H and O–H groups in total. The summed E-state index contributed by atoms with van der Waals surface area (Å²) in [6.07, 6.45) is 12.6. The highest BCUT2D eigenvalue weighted by atomic mass is 35.5. The van der Waals surface area contributed by atoms with E-state index in [1.807, 2.05) is 0 Å². The molecule has 0 saturated heterocycles. The Labute approximate surface area is 117 Å². The van der Waals surface area contributed by atoms with Crippen molar-refractivity contribution in [3.63, 3.8) is 0 Å². The van der Waals surface area contributed by atoms with Gasteiger partial charge in [-0.15, -0.1) is 0 Å². The predicted molar refractivity (Wildman–Crippen MR) is 78.1 cm³/mol. The van der Waals surface area contributed by atoms with E-state index in [1.165, 1.54) is 57.8 Å². The zero-order valence-corrected chi connectivity index (χ0v) is 12.8. The smallest absolute Gasteiger partial charge is 0.250 e. The fourth-order valence-corrected chi connectivity index (χ4v) is 1.98. The van der Waals surface area contributed by atoms with Crippen molar-refractivity contribution < 1.29 is 9.53 Å². The fourth-order valence-electron chi connectivity index (χ4n) is 1.92. The third-order valence-electron chi connectivity index (χ3n) is 3.19. The van der Waals surface area contributed by atoms with E-state index in [4.69, 9.17) is 16.3 Å². The van der Waals surface area contributed by atoms with Gasteiger partial charge in [-0.25, -0.2) is 0 Å². The molecule has 0 aliphatic carbocycles. The molecule has 0 saturated carbocycles. The van der Waals surface area contributed by atoms with Gasteiger partial charge in [-0.3, -0.25) is 4.79 Å². The lowest BCUT2D eigenvalue weighted by atomic mass is 10.1. The largest absolute Gasteiger partial charge is 0.369 e. The molecule has 1 unspecified atom stereocenters. The van der Waals surface area contributed by atoms with Crippen LogP contribution in [0.25, 0.3) is 0 Å². The van der Waals surface area contributed by atoms with Crippen molar-refractivity contribution in [3.8, 4) is 0 Å². The molecule has 0 spiro atoms. The Kier molecular flexibility index (Phi) is 13.3. The normalized spacial score (nSPS) is 12.6. The van der Waals surface area contributed by atoms with Gasteiger partial charge in [0.15, 0.2) is 0 Å². The number of hydrogen-bond acceptors (Lipinski definition) is 2. The lowest BCUT2D eigenvalue weighted by Gasteiger charge is -2.08. The standard InChI is InChI=1S/C15H29ClO2/c1-3-4-5-6-7-8-9-10-11-12-13-18-14(2)15(16)17/h14H,3-13H2,1-2H3. The number of ether oxygens (including phenoxy) is 1. The average molecular weight is 277 g/mol. The first-order chi connectivity index (χ1) is 8.68. The van der Waals surface area contributed by atoms with Gasteiger partial charge in [-0.1, -0.05) is 64.7 Å². The summed E-state index contributed by atoms with van der Waals surface area (Å²) < 4.78 is 5.29. The molecule has 108 valence electrons. The molecule has 0 aromatic heterocycles. The molecular weight excluding hydrogens is 248 g/mol. The number of carbonyl (C=O) groups excluding carboxylic acids is 1. The minimum atomic E-state index is -0.453. The summed E-state index contributed by atoms with van der Waals surface area (Å²) >= 11 is 5.30. The maximum absolute atomic E-state index is 10.7. The van der Waals surface area contributed by atoms with Crippen molar-refractivity contribution >= 4 is 16.8 Å². The molecule has 18 heavy (non-hydrogen) atoms. The molecule has 0 rings (SSSR count). The molecule has 0 heterocycles. The second kappa shape index (κ2) is 13.4. The molecule has 0 bridgehead atoms. The quantitative estimate of drug-likeness (QED) is 0.346. The molecule has 0 aromatic carbocycles. The maximum atomic E-state index is 10.7. The first kappa shape index (κ1) is 17.9. The monoisotopic (exact) mass is 276 g/mol. The van der Waals surface area contributed by atoms with E-state index in [0.717, 1.165) is 6.42 Å². The molecule has 0 radical (unpaired) electrons. The van der Waals surface area contributed by atoms with Gasteiger partial charge in [0.1, 0.15) is 6.10 Å². The summed E-state index contributed by atoms with van der Waals surface area (Å²) in [7, 11) is 0. The Bertz CT molecular complexity index is 195. The molecule has 0 aliphatic heterocycles. The molecule has 0 fully saturated rings. The van der Waals surface area contributed by atoms with E-state index in [1.54, 1.807) is 6.92 Å². The third kappa shape index (κ3) is 12.4. The summed E-state index contributed by atoms with van der Waals surface area (Å²) in [6.45, 7) is 4.60. The van der Waals surface area contributed by atoms with Gasteiger partial charge < -0.3 is 4.74 Å². The van der Waals surface area contributed by atoms with Crippen LogP contribution in [0, 0.1) is 0 Å². The highest BCUT2D eigenvalue weighted by Gasteiger charge is 2.08. The number of carbonyl (C=O) groups is 1. The number of unbranched alkanes of at least 4 members (excludes halogenated alkanes) is 9. The van der Waals surface area contributed by atoms with Crippen LogP contribution in [0.1, 0.15) is 78.1 Å². The zero-order chi connectivity index (χ0) is 13.6. The van der Waals surface area contributed by atoms with Crippen LogP contribution in [0.15, 0.2) is 0 Å². The van der Waals surface area contributed by atoms with Crippen molar-refractivity contribution in [1.82, 2.24) is 0 Å². The molecule has 3 heteroatoms. The zero-order valence-electron chi connectivity index (χ0n) is 12.0. The fraction of sp³-hybridized carbons (Fsp3) is 0.933. The summed E-state index contributed by atoms with van der Waals surface area (Å²) in [4.78, 5) is 10.7. The second-order valence-corrected chi connectivity index (χ2v) is 5.37. The van der Waals surface area contributed by atoms with E-state index in [0.29, 0.717) is 6.61 Å². The SMILES string of the molecule is CCCCCCCCCCCCOC(C)C(=O)Cl. The first-order valence-corrected chi connectivity index (χ1v) is 7.87. The molecule has 0 amide bonds. The predicted octanol–water partition coefficient (Wildman–Crippen LogP) is 5.08. The van der Waals surface area contributed by atoms with Gasteiger partial charge in [-0.05, 0) is 24.9 Å². The van der Waals surface area contributed by atoms with Crippen LogP contribution in [0.2, 0.25) is 0 Å². The lowest BCUT2D eigenvalue weighted by Crippen LogP contribution is -2.16. The summed E-state index contributed by atoms with van der Waals surface area (Å²) in [6, 6.07) is 0. The van der Waals surface area contributed by atoms with Crippen molar-refractivity contribution in [1.29, 1.82) is 0 Å². The minimum Gasteiger partial charge on any atom is -0.369 e. The average Bonchev–Trinajstić information content (AvgIpc) is 2.35. The molecular formula is C15H29ClO2. The van der Waals surface area contributed by atoms with Gasteiger partial charge in [0.25, 0.3) is 0 Å². The van der Waals surface area contributed by atoms with Crippen LogP contribution in [-0.2, 0) is 9.53 Å². The van der Waals surface area contributed by atoms with E-state index >= 15 is 0 Å². The van der Waals surface area contributed by atoms with Crippen LogP contribution < -0.4 is 0 Å². The minimum absolute atomic E-state index is 0.401. The number of rotatable bonds is 13. The van der Waals surface area contributed by atoms with Gasteiger partial charge in [-0.2, -0.15) is 0 Å². The summed E-state index contributed by atoms with van der Waals surface area (Å²) in [5, 5.41) is -0.401. The number of hydrogen-bond donors (Lipinski definition) is 0. The van der Waals surface area contributed by atoms with E-state index in [-0.39, 0.29) is 0 Å². The highest BCUT2D eigenvalue weighted by Crippen LogP contribution is 2.10. The Morgan fingerprint density at radius 1 is 0.944 bits per heavy atom. The lowest BCUT2D eigenvalue weighted by molar-refractivity contribution is -0.121. The molecule has 0 aromatic rings. The van der Waals surface area contributed by atoms with Crippen LogP contribution >= 0.6 is 11.6 Å². The molecule has 2 nitrogen and oxygen atoms in total. The summed E-state index contributed by atoms with van der Waals surface area (Å²) in [5.41, 5.74) is 0. The Morgan fingerprint density at radius 2 is 1.39 bits per heavy atom. The van der Waals surface area contributed by atoms with Crippen LogP contribution in [0.3, 0.4) is 0 Å². The van der Waals surface area contributed by atoms with Crippen molar-refractivity contribution in [3.05, 3.63) is 0 Å². The highest BCUT2D eigenvalue weighted by molar-refractivity contribution is 6.64. The Balaban J connectivity index is 3.05.